The Morgan fingerprint density at radius 3 is 2.74 bits per heavy atom. The van der Waals surface area contributed by atoms with Crippen LogP contribution in [0.15, 0.2) is 24.5 Å². The highest BCUT2D eigenvalue weighted by Crippen LogP contribution is 2.24. The summed E-state index contributed by atoms with van der Waals surface area (Å²) in [5.74, 6) is 0.372. The number of benzene rings is 1. The fourth-order valence-corrected chi connectivity index (χ4v) is 3.41. The lowest BCUT2D eigenvalue weighted by atomic mass is 10.0. The molecular formula is C20H25N3O4. The van der Waals surface area contributed by atoms with Gasteiger partial charge in [0.1, 0.15) is 11.8 Å². The predicted molar refractivity (Wildman–Crippen MR) is 99.3 cm³/mol. The third-order valence-corrected chi connectivity index (χ3v) is 4.88. The Balaban J connectivity index is 1.58. The van der Waals surface area contributed by atoms with Crippen LogP contribution in [-0.4, -0.2) is 46.5 Å². The summed E-state index contributed by atoms with van der Waals surface area (Å²) >= 11 is 0. The number of carbonyl (C=O) groups is 2. The first-order valence-electron chi connectivity index (χ1n) is 9.08. The van der Waals surface area contributed by atoms with Crippen molar-refractivity contribution < 1.29 is 19.1 Å². The monoisotopic (exact) mass is 371 g/mol. The number of amides is 1. The molecule has 144 valence electrons. The normalized spacial score (nSPS) is 16.0. The highest BCUT2D eigenvalue weighted by Gasteiger charge is 2.36. The zero-order chi connectivity index (χ0) is 19.4. The first kappa shape index (κ1) is 18.9. The molecule has 27 heavy (non-hydrogen) atoms. The number of hydrogen-bond acceptors (Lipinski definition) is 5. The number of fused-ring (bicyclic) bond motifs is 1. The molecule has 2 aromatic rings. The number of nitrogens with one attached hydrogen (secondary N) is 1. The lowest BCUT2D eigenvalue weighted by molar-refractivity contribution is -0.154. The van der Waals surface area contributed by atoms with Crippen LogP contribution < -0.4 is 4.74 Å². The molecule has 0 saturated carbocycles. The summed E-state index contributed by atoms with van der Waals surface area (Å²) in [7, 11) is 1.34. The molecule has 0 aliphatic carbocycles. The number of methoxy groups -OCH3 is 1. The fourth-order valence-electron chi connectivity index (χ4n) is 3.41. The molecule has 7 heteroatoms. The van der Waals surface area contributed by atoms with Crippen LogP contribution in [0.2, 0.25) is 0 Å². The molecule has 1 aliphatic rings. The number of H-pyrrole nitrogens is 1. The van der Waals surface area contributed by atoms with E-state index < -0.39 is 12.0 Å². The molecule has 0 fully saturated rings. The van der Waals surface area contributed by atoms with Gasteiger partial charge in [0.15, 0.2) is 0 Å². The van der Waals surface area contributed by atoms with E-state index in [0.717, 1.165) is 28.3 Å². The van der Waals surface area contributed by atoms with Crippen molar-refractivity contribution in [2.45, 2.75) is 45.7 Å². The van der Waals surface area contributed by atoms with Gasteiger partial charge in [0.05, 0.1) is 38.0 Å². The molecule has 1 atom stereocenters. The zero-order valence-corrected chi connectivity index (χ0v) is 15.9. The Hall–Kier alpha value is -2.83. The van der Waals surface area contributed by atoms with Crippen molar-refractivity contribution in [1.29, 1.82) is 0 Å². The molecular weight excluding hydrogens is 346 g/mol. The SMILES string of the molecule is COC(=O)C1Cc2nc[nH]c2CN1C(=O)CCCOc1c(C)cccc1C. The smallest absolute Gasteiger partial charge is 0.329 e. The number of imidazole rings is 1. The number of aromatic nitrogens is 2. The van der Waals surface area contributed by atoms with Crippen molar-refractivity contribution in [3.8, 4) is 5.75 Å². The summed E-state index contributed by atoms with van der Waals surface area (Å²) in [6.45, 7) is 4.80. The van der Waals surface area contributed by atoms with Crippen LogP contribution in [0.25, 0.3) is 0 Å². The third kappa shape index (κ3) is 4.13. The molecule has 7 nitrogen and oxygen atoms in total. The molecule has 0 radical (unpaired) electrons. The maximum absolute atomic E-state index is 12.7. The van der Waals surface area contributed by atoms with Crippen LogP contribution in [0.4, 0.5) is 0 Å². The van der Waals surface area contributed by atoms with E-state index in [1.807, 2.05) is 32.0 Å². The van der Waals surface area contributed by atoms with Gasteiger partial charge in [0.2, 0.25) is 5.91 Å². The number of hydrogen-bond donors (Lipinski definition) is 1. The van der Waals surface area contributed by atoms with Gasteiger partial charge in [-0.3, -0.25) is 4.79 Å². The predicted octanol–water partition coefficient (Wildman–Crippen LogP) is 2.31. The molecule has 0 spiro atoms. The minimum atomic E-state index is -0.627. The number of aryl methyl sites for hydroxylation is 2. The average molecular weight is 371 g/mol. The number of para-hydroxylation sites is 1. The molecule has 0 bridgehead atoms. The van der Waals surface area contributed by atoms with E-state index in [4.69, 9.17) is 9.47 Å². The Bertz CT molecular complexity index is 810. The van der Waals surface area contributed by atoms with E-state index in [1.54, 1.807) is 11.2 Å². The summed E-state index contributed by atoms with van der Waals surface area (Å²) in [5, 5.41) is 0. The molecule has 1 aromatic carbocycles. The minimum absolute atomic E-state index is 0.0873. The van der Waals surface area contributed by atoms with Gasteiger partial charge in [-0.15, -0.1) is 0 Å². The van der Waals surface area contributed by atoms with Gasteiger partial charge in [-0.05, 0) is 31.4 Å². The van der Waals surface area contributed by atoms with E-state index >= 15 is 0 Å². The van der Waals surface area contributed by atoms with Gasteiger partial charge in [-0.1, -0.05) is 18.2 Å². The second kappa shape index (κ2) is 8.24. The molecule has 3 rings (SSSR count). The number of nitrogens with zero attached hydrogens (tertiary/aromatic N) is 2. The second-order valence-corrected chi connectivity index (χ2v) is 6.77. The Morgan fingerprint density at radius 1 is 1.30 bits per heavy atom. The third-order valence-electron chi connectivity index (χ3n) is 4.88. The summed E-state index contributed by atoms with van der Waals surface area (Å²) in [6, 6.07) is 5.38. The Kier molecular flexibility index (Phi) is 5.78. The first-order chi connectivity index (χ1) is 13.0. The minimum Gasteiger partial charge on any atom is -0.493 e. The maximum Gasteiger partial charge on any atom is 0.329 e. The fraction of sp³-hybridized carbons (Fsp3) is 0.450. The molecule has 1 aromatic heterocycles. The van der Waals surface area contributed by atoms with Gasteiger partial charge in [0.25, 0.3) is 0 Å². The summed E-state index contributed by atoms with van der Waals surface area (Å²) < 4.78 is 10.7. The molecule has 1 amide bonds. The van der Waals surface area contributed by atoms with E-state index in [-0.39, 0.29) is 5.91 Å². The summed E-state index contributed by atoms with van der Waals surface area (Å²) in [6.07, 6.45) is 2.84. The maximum atomic E-state index is 12.7. The standard InChI is InChI=1S/C20H25N3O4/c1-13-6-4-7-14(2)19(13)27-9-5-8-18(24)23-11-16-15(21-12-22-16)10-17(23)20(25)26-3/h4,6-7,12,17H,5,8-11H2,1-3H3,(H,21,22). The molecule has 1 aliphatic heterocycles. The van der Waals surface area contributed by atoms with Gasteiger partial charge in [-0.25, -0.2) is 9.78 Å². The Morgan fingerprint density at radius 2 is 2.04 bits per heavy atom. The zero-order valence-electron chi connectivity index (χ0n) is 15.9. The second-order valence-electron chi connectivity index (χ2n) is 6.77. The Labute approximate surface area is 158 Å². The number of carbonyl (C=O) groups excluding carboxylic acids is 2. The average Bonchev–Trinajstić information content (AvgIpc) is 3.12. The van der Waals surface area contributed by atoms with E-state index in [1.165, 1.54) is 7.11 Å². The van der Waals surface area contributed by atoms with Crippen molar-refractivity contribution in [1.82, 2.24) is 14.9 Å². The van der Waals surface area contributed by atoms with Crippen LogP contribution in [0, 0.1) is 13.8 Å². The number of rotatable bonds is 6. The molecule has 1 N–H and O–H groups in total. The molecule has 0 saturated heterocycles. The quantitative estimate of drug-likeness (QED) is 0.622. The summed E-state index contributed by atoms with van der Waals surface area (Å²) in [4.78, 5) is 33.7. The largest absolute Gasteiger partial charge is 0.493 e. The molecule has 2 heterocycles. The number of ether oxygens (including phenoxy) is 2. The van der Waals surface area contributed by atoms with Gasteiger partial charge < -0.3 is 19.4 Å². The topological polar surface area (TPSA) is 84.5 Å². The van der Waals surface area contributed by atoms with Crippen LogP contribution in [0.5, 0.6) is 5.75 Å². The van der Waals surface area contributed by atoms with Crippen LogP contribution in [0.1, 0.15) is 35.4 Å². The van der Waals surface area contributed by atoms with Crippen molar-refractivity contribution in [3.63, 3.8) is 0 Å². The highest BCUT2D eigenvalue weighted by atomic mass is 16.5. The number of aromatic amines is 1. The van der Waals surface area contributed by atoms with Crippen molar-refractivity contribution >= 4 is 11.9 Å². The van der Waals surface area contributed by atoms with Crippen molar-refractivity contribution in [2.24, 2.45) is 0 Å². The van der Waals surface area contributed by atoms with E-state index in [0.29, 0.717) is 32.4 Å². The van der Waals surface area contributed by atoms with Crippen molar-refractivity contribution in [2.75, 3.05) is 13.7 Å². The van der Waals surface area contributed by atoms with Crippen LogP contribution in [-0.2, 0) is 27.3 Å². The van der Waals surface area contributed by atoms with E-state index in [2.05, 4.69) is 9.97 Å². The lowest BCUT2D eigenvalue weighted by Gasteiger charge is -2.33. The summed E-state index contributed by atoms with van der Waals surface area (Å²) in [5.41, 5.74) is 3.84. The first-order valence-corrected chi connectivity index (χ1v) is 9.08. The van der Waals surface area contributed by atoms with Gasteiger partial charge in [0, 0.05) is 12.8 Å². The lowest BCUT2D eigenvalue weighted by Crippen LogP contribution is -2.49. The molecule has 1 unspecified atom stereocenters. The van der Waals surface area contributed by atoms with Gasteiger partial charge >= 0.3 is 5.97 Å². The van der Waals surface area contributed by atoms with Crippen LogP contribution in [0.3, 0.4) is 0 Å². The highest BCUT2D eigenvalue weighted by molar-refractivity contribution is 5.85. The van der Waals surface area contributed by atoms with Gasteiger partial charge in [-0.2, -0.15) is 0 Å². The number of esters is 1. The van der Waals surface area contributed by atoms with Crippen LogP contribution >= 0.6 is 0 Å². The van der Waals surface area contributed by atoms with Crippen molar-refractivity contribution in [3.05, 3.63) is 47.0 Å². The van der Waals surface area contributed by atoms with E-state index in [9.17, 15) is 9.59 Å².